The molecule has 4 nitrogen and oxygen atoms in total. The predicted molar refractivity (Wildman–Crippen MR) is 152 cm³/mol. The molecule has 0 amide bonds. The summed E-state index contributed by atoms with van der Waals surface area (Å²) in [7, 11) is 2.68. The standard InChI is InChI=1S/C31H41O4P/c1-19-13-24(31(6,7)8)18-27(19)30(32)35-11-12-36(25-14-20(2)28(33-9)21(3)15-25)26-16-22(4)29(34-10)23(5)17-26/h13-18,27H,11-12H2,1-10H3/t27-/m0/s1. The number of esters is 1. The monoisotopic (exact) mass is 508 g/mol. The first-order chi connectivity index (χ1) is 16.9. The highest BCUT2D eigenvalue weighted by Crippen LogP contribution is 2.39. The number of aryl methyl sites for hydroxylation is 4. The van der Waals surface area contributed by atoms with Gasteiger partial charge in [-0.3, -0.25) is 4.79 Å². The number of allylic oxidation sites excluding steroid dienone is 2. The normalized spacial score (nSPS) is 15.6. The first kappa shape index (κ1) is 28.0. The van der Waals surface area contributed by atoms with Crippen LogP contribution in [0.5, 0.6) is 11.5 Å². The van der Waals surface area contributed by atoms with Crippen LogP contribution in [0.2, 0.25) is 0 Å². The molecule has 1 atom stereocenters. The SMILES string of the molecule is COc1c(C)cc(P(CCOC(=O)[C@H]2C=C(C(C)(C)C)C=C2C)c2cc(C)c(OC)c(C)c2)cc1C. The second-order valence-corrected chi connectivity index (χ2v) is 13.1. The molecule has 0 radical (unpaired) electrons. The third-order valence-electron chi connectivity index (χ3n) is 6.82. The molecule has 0 heterocycles. The molecule has 0 spiro atoms. The van der Waals surface area contributed by atoms with Crippen molar-refractivity contribution < 1.29 is 19.0 Å². The molecule has 0 unspecified atom stereocenters. The molecule has 1 aliphatic rings. The average Bonchev–Trinajstić information content (AvgIpc) is 3.18. The van der Waals surface area contributed by atoms with Gasteiger partial charge in [0, 0.05) is 6.16 Å². The van der Waals surface area contributed by atoms with Crippen molar-refractivity contribution in [2.45, 2.75) is 55.4 Å². The molecule has 0 saturated heterocycles. The maximum atomic E-state index is 13.0. The fraction of sp³-hybridized carbons (Fsp3) is 0.452. The van der Waals surface area contributed by atoms with E-state index in [1.54, 1.807) is 14.2 Å². The van der Waals surface area contributed by atoms with E-state index in [0.29, 0.717) is 6.61 Å². The Hall–Kier alpha value is -2.58. The van der Waals surface area contributed by atoms with Gasteiger partial charge in [-0.25, -0.2) is 0 Å². The molecule has 3 rings (SSSR count). The van der Waals surface area contributed by atoms with Crippen molar-refractivity contribution >= 4 is 24.5 Å². The summed E-state index contributed by atoms with van der Waals surface area (Å²) in [6.07, 6.45) is 4.94. The van der Waals surface area contributed by atoms with Crippen LogP contribution >= 0.6 is 7.92 Å². The summed E-state index contributed by atoms with van der Waals surface area (Å²) in [5.74, 6) is 1.39. The number of benzene rings is 2. The summed E-state index contributed by atoms with van der Waals surface area (Å²) < 4.78 is 17.1. The number of methoxy groups -OCH3 is 2. The van der Waals surface area contributed by atoms with Crippen LogP contribution in [0.1, 0.15) is 49.9 Å². The Morgan fingerprint density at radius 1 is 0.833 bits per heavy atom. The summed E-state index contributed by atoms with van der Waals surface area (Å²) in [6, 6.07) is 8.87. The van der Waals surface area contributed by atoms with Gasteiger partial charge in [0.15, 0.2) is 0 Å². The molecule has 2 aromatic rings. The Bertz CT molecular complexity index is 1090. The molecule has 5 heteroatoms. The Morgan fingerprint density at radius 3 is 1.64 bits per heavy atom. The second-order valence-electron chi connectivity index (χ2n) is 10.8. The maximum Gasteiger partial charge on any atom is 0.316 e. The zero-order valence-corrected chi connectivity index (χ0v) is 24.4. The first-order valence-corrected chi connectivity index (χ1v) is 14.0. The van der Waals surface area contributed by atoms with Crippen LogP contribution in [0.3, 0.4) is 0 Å². The number of carbonyl (C=O) groups is 1. The van der Waals surface area contributed by atoms with Crippen molar-refractivity contribution in [1.82, 2.24) is 0 Å². The van der Waals surface area contributed by atoms with Gasteiger partial charge >= 0.3 is 5.97 Å². The van der Waals surface area contributed by atoms with Crippen molar-refractivity contribution in [3.05, 3.63) is 69.8 Å². The van der Waals surface area contributed by atoms with E-state index in [9.17, 15) is 4.79 Å². The van der Waals surface area contributed by atoms with Crippen LogP contribution in [-0.4, -0.2) is 33.0 Å². The fourth-order valence-corrected chi connectivity index (χ4v) is 7.45. The van der Waals surface area contributed by atoms with E-state index in [4.69, 9.17) is 14.2 Å². The molecular weight excluding hydrogens is 467 g/mol. The lowest BCUT2D eigenvalue weighted by Crippen LogP contribution is -2.22. The lowest BCUT2D eigenvalue weighted by atomic mass is 9.87. The molecule has 0 N–H and O–H groups in total. The van der Waals surface area contributed by atoms with Crippen LogP contribution in [0.25, 0.3) is 0 Å². The lowest BCUT2D eigenvalue weighted by molar-refractivity contribution is -0.144. The molecule has 0 saturated carbocycles. The smallest absolute Gasteiger partial charge is 0.316 e. The Morgan fingerprint density at radius 2 is 1.28 bits per heavy atom. The highest BCUT2D eigenvalue weighted by atomic mass is 31.1. The first-order valence-electron chi connectivity index (χ1n) is 12.5. The molecule has 0 aliphatic heterocycles. The minimum atomic E-state index is -0.750. The molecule has 0 fully saturated rings. The summed E-state index contributed by atoms with van der Waals surface area (Å²) in [5, 5.41) is 2.51. The van der Waals surface area contributed by atoms with E-state index in [1.807, 2.05) is 6.92 Å². The van der Waals surface area contributed by atoms with E-state index >= 15 is 0 Å². The minimum absolute atomic E-state index is 0.0127. The number of carbonyl (C=O) groups excluding carboxylic acids is 1. The molecule has 0 bridgehead atoms. The van der Waals surface area contributed by atoms with E-state index in [0.717, 1.165) is 45.5 Å². The summed E-state index contributed by atoms with van der Waals surface area (Å²) in [4.78, 5) is 13.0. The van der Waals surface area contributed by atoms with E-state index in [-0.39, 0.29) is 17.3 Å². The van der Waals surface area contributed by atoms with Gasteiger partial charge in [0.25, 0.3) is 0 Å². The van der Waals surface area contributed by atoms with Crippen molar-refractivity contribution in [3.63, 3.8) is 0 Å². The third kappa shape index (κ3) is 6.03. The topological polar surface area (TPSA) is 44.8 Å². The van der Waals surface area contributed by atoms with Crippen molar-refractivity contribution in [3.8, 4) is 11.5 Å². The molecule has 0 aromatic heterocycles. The van der Waals surface area contributed by atoms with Crippen molar-refractivity contribution in [2.75, 3.05) is 27.0 Å². The van der Waals surface area contributed by atoms with E-state index in [2.05, 4.69) is 84.9 Å². The Kier molecular flexibility index (Phi) is 8.72. The fourth-order valence-electron chi connectivity index (χ4n) is 4.96. The van der Waals surface area contributed by atoms with Gasteiger partial charge in [-0.15, -0.1) is 0 Å². The molecule has 194 valence electrons. The van der Waals surface area contributed by atoms with Crippen LogP contribution in [0, 0.1) is 39.0 Å². The highest BCUT2D eigenvalue weighted by Gasteiger charge is 2.29. The molecule has 1 aliphatic carbocycles. The van der Waals surface area contributed by atoms with Gasteiger partial charge in [0.05, 0.1) is 26.7 Å². The van der Waals surface area contributed by atoms with Crippen molar-refractivity contribution in [1.29, 1.82) is 0 Å². The van der Waals surface area contributed by atoms with E-state index in [1.165, 1.54) is 16.2 Å². The summed E-state index contributed by atoms with van der Waals surface area (Å²) in [6.45, 7) is 17.2. The predicted octanol–water partition coefficient (Wildman–Crippen LogP) is 6.46. The van der Waals surface area contributed by atoms with Crippen LogP contribution in [0.15, 0.2) is 47.6 Å². The summed E-state index contributed by atoms with van der Waals surface area (Å²) in [5.41, 5.74) is 6.72. The minimum Gasteiger partial charge on any atom is -0.496 e. The number of hydrogen-bond donors (Lipinski definition) is 0. The van der Waals surface area contributed by atoms with E-state index < -0.39 is 7.92 Å². The molecular formula is C31H41O4P. The zero-order chi connectivity index (χ0) is 26.8. The molecule has 2 aromatic carbocycles. The van der Waals surface area contributed by atoms with Gasteiger partial charge in [0.1, 0.15) is 11.5 Å². The Labute approximate surface area is 218 Å². The van der Waals surface area contributed by atoms with Crippen LogP contribution in [0.4, 0.5) is 0 Å². The summed E-state index contributed by atoms with van der Waals surface area (Å²) >= 11 is 0. The van der Waals surface area contributed by atoms with Gasteiger partial charge in [-0.05, 0) is 111 Å². The van der Waals surface area contributed by atoms with Gasteiger partial charge in [0.2, 0.25) is 0 Å². The van der Waals surface area contributed by atoms with Crippen LogP contribution < -0.4 is 20.1 Å². The lowest BCUT2D eigenvalue weighted by Gasteiger charge is -2.23. The maximum absolute atomic E-state index is 13.0. The Balaban J connectivity index is 1.88. The average molecular weight is 509 g/mol. The zero-order valence-electron chi connectivity index (χ0n) is 23.5. The van der Waals surface area contributed by atoms with Gasteiger partial charge in [-0.2, -0.15) is 0 Å². The third-order valence-corrected chi connectivity index (χ3v) is 9.21. The highest BCUT2D eigenvalue weighted by molar-refractivity contribution is 7.73. The second kappa shape index (κ2) is 11.2. The van der Waals surface area contributed by atoms with Crippen molar-refractivity contribution in [2.24, 2.45) is 11.3 Å². The van der Waals surface area contributed by atoms with Gasteiger partial charge in [-0.1, -0.05) is 38.5 Å². The number of hydrogen-bond acceptors (Lipinski definition) is 4. The number of rotatable bonds is 8. The van der Waals surface area contributed by atoms with Crippen LogP contribution in [-0.2, 0) is 9.53 Å². The molecule has 36 heavy (non-hydrogen) atoms. The van der Waals surface area contributed by atoms with Gasteiger partial charge < -0.3 is 14.2 Å². The number of ether oxygens (including phenoxy) is 3. The quantitative estimate of drug-likeness (QED) is 0.303. The largest absolute Gasteiger partial charge is 0.496 e.